The van der Waals surface area contributed by atoms with E-state index in [1.165, 1.54) is 6.20 Å². The van der Waals surface area contributed by atoms with Crippen LogP contribution >= 0.6 is 23.2 Å². The third-order valence-electron chi connectivity index (χ3n) is 4.54. The van der Waals surface area contributed by atoms with Gasteiger partial charge in [0.15, 0.2) is 0 Å². The number of halogens is 3. The smallest absolute Gasteiger partial charge is 0.255 e. The molecule has 3 aromatic rings. The molecule has 2 aromatic heterocycles. The number of hydrogen-bond donors (Lipinski definition) is 1. The van der Waals surface area contributed by atoms with Crippen molar-refractivity contribution in [1.29, 1.82) is 0 Å². The third kappa shape index (κ3) is 3.88. The van der Waals surface area contributed by atoms with Crippen molar-refractivity contribution in [3.8, 4) is 11.4 Å². The van der Waals surface area contributed by atoms with Crippen molar-refractivity contribution in [2.75, 3.05) is 6.54 Å². The van der Waals surface area contributed by atoms with Crippen LogP contribution in [0.3, 0.4) is 0 Å². The molecule has 3 heterocycles. The Kier molecular flexibility index (Phi) is 4.95. The van der Waals surface area contributed by atoms with E-state index in [9.17, 15) is 9.18 Å². The number of hydrogen-bond acceptors (Lipinski definition) is 4. The second-order valence-corrected chi connectivity index (χ2v) is 7.28. The van der Waals surface area contributed by atoms with Crippen LogP contribution in [0.15, 0.2) is 41.3 Å². The maximum Gasteiger partial charge on any atom is 0.255 e. The molecule has 1 N–H and O–H groups in total. The first-order valence-electron chi connectivity index (χ1n) is 8.40. The van der Waals surface area contributed by atoms with Gasteiger partial charge in [-0.2, -0.15) is 4.39 Å². The van der Waals surface area contributed by atoms with Gasteiger partial charge in [-0.15, -0.1) is 0 Å². The average molecular weight is 405 g/mol. The highest BCUT2D eigenvalue weighted by Gasteiger charge is 2.22. The van der Waals surface area contributed by atoms with Gasteiger partial charge in [0.2, 0.25) is 5.95 Å². The van der Waals surface area contributed by atoms with Crippen LogP contribution in [-0.4, -0.2) is 26.4 Å². The van der Waals surface area contributed by atoms with E-state index in [-0.39, 0.29) is 5.56 Å². The number of H-pyrrole nitrogens is 1. The second-order valence-electron chi connectivity index (χ2n) is 6.41. The van der Waals surface area contributed by atoms with Crippen LogP contribution in [0.5, 0.6) is 0 Å². The van der Waals surface area contributed by atoms with Gasteiger partial charge in [-0.3, -0.25) is 9.69 Å². The molecule has 0 spiro atoms. The van der Waals surface area contributed by atoms with Crippen molar-refractivity contribution in [3.63, 3.8) is 0 Å². The minimum Gasteiger partial charge on any atom is -0.306 e. The topological polar surface area (TPSA) is 61.9 Å². The highest BCUT2D eigenvalue weighted by Crippen LogP contribution is 2.22. The SMILES string of the molecule is O=c1[nH]c(-c2ccc(Cl)cc2)nc2c1CN(Cc1cc(Cl)cnc1F)CC2. The molecule has 1 aliphatic heterocycles. The van der Waals surface area contributed by atoms with E-state index in [1.54, 1.807) is 18.2 Å². The van der Waals surface area contributed by atoms with Crippen molar-refractivity contribution >= 4 is 23.2 Å². The summed E-state index contributed by atoms with van der Waals surface area (Å²) in [6.45, 7) is 1.39. The lowest BCUT2D eigenvalue weighted by Crippen LogP contribution is -2.35. The van der Waals surface area contributed by atoms with E-state index in [0.29, 0.717) is 53.1 Å². The molecular formula is C19H15Cl2FN4O. The molecule has 0 bridgehead atoms. The van der Waals surface area contributed by atoms with Crippen LogP contribution in [0.1, 0.15) is 16.8 Å². The Labute approximate surface area is 164 Å². The summed E-state index contributed by atoms with van der Waals surface area (Å²) in [5.74, 6) is -0.0238. The zero-order valence-corrected chi connectivity index (χ0v) is 15.7. The van der Waals surface area contributed by atoms with Crippen molar-refractivity contribution in [2.45, 2.75) is 19.5 Å². The largest absolute Gasteiger partial charge is 0.306 e. The first-order valence-corrected chi connectivity index (χ1v) is 9.15. The van der Waals surface area contributed by atoms with E-state index < -0.39 is 5.95 Å². The Morgan fingerprint density at radius 1 is 1.19 bits per heavy atom. The van der Waals surface area contributed by atoms with Gasteiger partial charge in [0.25, 0.3) is 5.56 Å². The Balaban J connectivity index is 1.59. The lowest BCUT2D eigenvalue weighted by atomic mass is 10.1. The van der Waals surface area contributed by atoms with Crippen LogP contribution in [0.2, 0.25) is 10.0 Å². The Hall–Kier alpha value is -2.28. The Morgan fingerprint density at radius 3 is 2.74 bits per heavy atom. The fourth-order valence-corrected chi connectivity index (χ4v) is 3.48. The number of aromatic amines is 1. The van der Waals surface area contributed by atoms with Gasteiger partial charge in [0, 0.05) is 48.4 Å². The quantitative estimate of drug-likeness (QED) is 0.673. The first-order chi connectivity index (χ1) is 13.0. The van der Waals surface area contributed by atoms with Crippen molar-refractivity contribution < 1.29 is 4.39 Å². The summed E-state index contributed by atoms with van der Waals surface area (Å²) < 4.78 is 13.9. The minimum atomic E-state index is -0.546. The van der Waals surface area contributed by atoms with Gasteiger partial charge in [0.05, 0.1) is 16.3 Å². The molecule has 4 rings (SSSR count). The fourth-order valence-electron chi connectivity index (χ4n) is 3.18. The molecule has 8 heteroatoms. The van der Waals surface area contributed by atoms with E-state index in [4.69, 9.17) is 23.2 Å². The van der Waals surface area contributed by atoms with Gasteiger partial charge >= 0.3 is 0 Å². The number of pyridine rings is 1. The molecule has 0 saturated carbocycles. The Morgan fingerprint density at radius 2 is 1.96 bits per heavy atom. The molecule has 1 aliphatic rings. The molecule has 1 aromatic carbocycles. The number of rotatable bonds is 3. The van der Waals surface area contributed by atoms with E-state index in [0.717, 1.165) is 11.3 Å². The molecule has 0 aliphatic carbocycles. The summed E-state index contributed by atoms with van der Waals surface area (Å²) in [4.78, 5) is 25.7. The maximum absolute atomic E-state index is 13.9. The number of aromatic nitrogens is 3. The highest BCUT2D eigenvalue weighted by atomic mass is 35.5. The van der Waals surface area contributed by atoms with E-state index in [2.05, 4.69) is 15.0 Å². The summed E-state index contributed by atoms with van der Waals surface area (Å²) in [5, 5.41) is 1.01. The highest BCUT2D eigenvalue weighted by molar-refractivity contribution is 6.30. The maximum atomic E-state index is 13.9. The predicted octanol–water partition coefficient (Wildman–Crippen LogP) is 3.84. The molecular weight excluding hydrogens is 390 g/mol. The van der Waals surface area contributed by atoms with Crippen LogP contribution in [-0.2, 0) is 19.5 Å². The van der Waals surface area contributed by atoms with Crippen LogP contribution in [0, 0.1) is 5.95 Å². The average Bonchev–Trinajstić information content (AvgIpc) is 2.65. The number of nitrogens with zero attached hydrogens (tertiary/aromatic N) is 3. The van der Waals surface area contributed by atoms with E-state index in [1.807, 2.05) is 17.0 Å². The molecule has 0 fully saturated rings. The van der Waals surface area contributed by atoms with E-state index >= 15 is 0 Å². The molecule has 27 heavy (non-hydrogen) atoms. The summed E-state index contributed by atoms with van der Waals surface area (Å²) in [5.41, 5.74) is 2.40. The lowest BCUT2D eigenvalue weighted by Gasteiger charge is -2.27. The molecule has 0 amide bonds. The molecule has 0 radical (unpaired) electrons. The van der Waals surface area contributed by atoms with Crippen molar-refractivity contribution in [1.82, 2.24) is 19.9 Å². The minimum absolute atomic E-state index is 0.181. The van der Waals surface area contributed by atoms with Crippen LogP contribution in [0.4, 0.5) is 4.39 Å². The Bertz CT molecular complexity index is 1050. The summed E-state index contributed by atoms with van der Waals surface area (Å²) >= 11 is 11.8. The molecule has 5 nitrogen and oxygen atoms in total. The van der Waals surface area contributed by atoms with Gasteiger partial charge in [0.1, 0.15) is 5.82 Å². The zero-order valence-electron chi connectivity index (χ0n) is 14.2. The third-order valence-corrected chi connectivity index (χ3v) is 5.00. The standard InChI is InChI=1S/C19H15Cl2FN4O/c20-13-3-1-11(2-4-13)18-24-16-5-6-26(10-15(16)19(27)25-18)9-12-7-14(21)8-23-17(12)22/h1-4,7-8H,5-6,9-10H2,(H,24,25,27). The van der Waals surface area contributed by atoms with Crippen molar-refractivity contribution in [2.24, 2.45) is 0 Å². The molecule has 0 saturated heterocycles. The predicted molar refractivity (Wildman–Crippen MR) is 102 cm³/mol. The molecule has 0 atom stereocenters. The van der Waals surface area contributed by atoms with Gasteiger partial charge < -0.3 is 4.98 Å². The van der Waals surface area contributed by atoms with Crippen LogP contribution in [0.25, 0.3) is 11.4 Å². The van der Waals surface area contributed by atoms with Crippen molar-refractivity contribution in [3.05, 3.63) is 79.7 Å². The molecule has 138 valence electrons. The summed E-state index contributed by atoms with van der Waals surface area (Å²) in [6.07, 6.45) is 1.88. The monoisotopic (exact) mass is 404 g/mol. The fraction of sp³-hybridized carbons (Fsp3) is 0.211. The zero-order chi connectivity index (χ0) is 19.0. The lowest BCUT2D eigenvalue weighted by molar-refractivity contribution is 0.237. The normalized spacial score (nSPS) is 14.2. The van der Waals surface area contributed by atoms with Gasteiger partial charge in [-0.25, -0.2) is 9.97 Å². The van der Waals surface area contributed by atoms with Gasteiger partial charge in [-0.1, -0.05) is 23.2 Å². The second kappa shape index (κ2) is 7.38. The number of benzene rings is 1. The molecule has 0 unspecified atom stereocenters. The number of fused-ring (bicyclic) bond motifs is 1. The first kappa shape index (κ1) is 18.1. The van der Waals surface area contributed by atoms with Gasteiger partial charge in [-0.05, 0) is 30.3 Å². The number of nitrogens with one attached hydrogen (secondary N) is 1. The summed E-state index contributed by atoms with van der Waals surface area (Å²) in [6, 6.07) is 8.71. The van der Waals surface area contributed by atoms with Crippen LogP contribution < -0.4 is 5.56 Å². The summed E-state index contributed by atoms with van der Waals surface area (Å²) in [7, 11) is 0.